The summed E-state index contributed by atoms with van der Waals surface area (Å²) >= 11 is 0. The number of pyridine rings is 1. The number of esters is 1. The Balaban J connectivity index is 1.91. The number of hydrogen-bond acceptors (Lipinski definition) is 6. The Morgan fingerprint density at radius 2 is 2.45 bits per heavy atom. The van der Waals surface area contributed by atoms with Crippen LogP contribution in [0.25, 0.3) is 0 Å². The molecule has 0 aliphatic carbocycles. The molecule has 2 aromatic heterocycles. The predicted molar refractivity (Wildman–Crippen MR) is 71.2 cm³/mol. The van der Waals surface area contributed by atoms with Crippen molar-refractivity contribution in [3.63, 3.8) is 0 Å². The van der Waals surface area contributed by atoms with E-state index in [1.165, 1.54) is 7.11 Å². The van der Waals surface area contributed by atoms with E-state index in [0.29, 0.717) is 11.8 Å². The first-order valence-corrected chi connectivity index (χ1v) is 6.45. The highest BCUT2D eigenvalue weighted by Crippen LogP contribution is 2.26. The molecular formula is C13H15N5O2. The highest BCUT2D eigenvalue weighted by atomic mass is 16.5. The van der Waals surface area contributed by atoms with Gasteiger partial charge >= 0.3 is 5.97 Å². The molecule has 1 unspecified atom stereocenters. The number of nitrogens with zero attached hydrogens (tertiary/aromatic N) is 4. The van der Waals surface area contributed by atoms with Crippen molar-refractivity contribution in [2.75, 3.05) is 19.0 Å². The van der Waals surface area contributed by atoms with Crippen molar-refractivity contribution < 1.29 is 9.53 Å². The van der Waals surface area contributed by atoms with Crippen LogP contribution >= 0.6 is 0 Å². The van der Waals surface area contributed by atoms with E-state index in [4.69, 9.17) is 0 Å². The molecule has 104 valence electrons. The summed E-state index contributed by atoms with van der Waals surface area (Å²) in [4.78, 5) is 20.0. The lowest BCUT2D eigenvalue weighted by atomic mass is 10.1. The van der Waals surface area contributed by atoms with Crippen LogP contribution in [0.2, 0.25) is 0 Å². The van der Waals surface area contributed by atoms with Crippen LogP contribution in [0.3, 0.4) is 0 Å². The molecule has 0 aromatic carbocycles. The van der Waals surface area contributed by atoms with E-state index in [-0.39, 0.29) is 18.4 Å². The van der Waals surface area contributed by atoms with E-state index in [0.717, 1.165) is 18.7 Å². The summed E-state index contributed by atoms with van der Waals surface area (Å²) in [5.41, 5.74) is 0.949. The van der Waals surface area contributed by atoms with Gasteiger partial charge in [0.05, 0.1) is 18.8 Å². The summed E-state index contributed by atoms with van der Waals surface area (Å²) in [6, 6.07) is 5.86. The molecule has 0 radical (unpaired) electrons. The van der Waals surface area contributed by atoms with Gasteiger partial charge in [0, 0.05) is 12.7 Å². The number of anilines is 1. The predicted octanol–water partition coefficient (Wildman–Crippen LogP) is 0.794. The van der Waals surface area contributed by atoms with E-state index in [9.17, 15) is 4.79 Å². The van der Waals surface area contributed by atoms with Gasteiger partial charge in [-0.05, 0) is 18.6 Å². The Morgan fingerprint density at radius 3 is 3.20 bits per heavy atom. The molecule has 1 aliphatic rings. The van der Waals surface area contributed by atoms with Crippen molar-refractivity contribution in [2.24, 2.45) is 0 Å². The lowest BCUT2D eigenvalue weighted by Crippen LogP contribution is -2.25. The van der Waals surface area contributed by atoms with Gasteiger partial charge in [-0.25, -0.2) is 4.68 Å². The fourth-order valence-electron chi connectivity index (χ4n) is 2.27. The summed E-state index contributed by atoms with van der Waals surface area (Å²) < 4.78 is 6.43. The molecule has 1 N–H and O–H groups in total. The van der Waals surface area contributed by atoms with Crippen molar-refractivity contribution in [3.8, 4) is 0 Å². The quantitative estimate of drug-likeness (QED) is 0.833. The van der Waals surface area contributed by atoms with Gasteiger partial charge < -0.3 is 10.1 Å². The van der Waals surface area contributed by atoms with Crippen LogP contribution in [0.1, 0.15) is 24.0 Å². The molecule has 0 fully saturated rings. The zero-order chi connectivity index (χ0) is 13.9. The van der Waals surface area contributed by atoms with Crippen molar-refractivity contribution in [1.82, 2.24) is 19.7 Å². The summed E-state index contributed by atoms with van der Waals surface area (Å²) in [5.74, 6) is 0.787. The van der Waals surface area contributed by atoms with Crippen LogP contribution in [-0.2, 0) is 16.0 Å². The van der Waals surface area contributed by atoms with E-state index in [2.05, 4.69) is 25.1 Å². The molecule has 0 bridgehead atoms. The van der Waals surface area contributed by atoms with Crippen molar-refractivity contribution in [3.05, 3.63) is 35.9 Å². The zero-order valence-electron chi connectivity index (χ0n) is 11.1. The highest BCUT2D eigenvalue weighted by molar-refractivity contribution is 5.71. The number of ether oxygens (including phenoxy) is 1. The third-order valence-electron chi connectivity index (χ3n) is 3.23. The molecule has 0 spiro atoms. The summed E-state index contributed by atoms with van der Waals surface area (Å²) in [7, 11) is 1.35. The fourth-order valence-corrected chi connectivity index (χ4v) is 2.27. The van der Waals surface area contributed by atoms with Gasteiger partial charge in [-0.1, -0.05) is 6.07 Å². The number of rotatable bonds is 3. The third-order valence-corrected chi connectivity index (χ3v) is 3.23. The number of methoxy groups -OCH3 is 1. The number of fused-ring (bicyclic) bond motifs is 1. The molecule has 1 aliphatic heterocycles. The summed E-state index contributed by atoms with van der Waals surface area (Å²) in [5, 5.41) is 7.58. The first-order chi connectivity index (χ1) is 9.78. The molecule has 7 heteroatoms. The Labute approximate surface area is 116 Å². The van der Waals surface area contributed by atoms with Gasteiger partial charge in [-0.2, -0.15) is 10.1 Å². The van der Waals surface area contributed by atoms with Gasteiger partial charge in [0.2, 0.25) is 5.95 Å². The molecule has 3 rings (SSSR count). The van der Waals surface area contributed by atoms with Gasteiger partial charge in [0.1, 0.15) is 6.42 Å². The zero-order valence-corrected chi connectivity index (χ0v) is 11.1. The van der Waals surface area contributed by atoms with E-state index < -0.39 is 0 Å². The molecule has 7 nitrogen and oxygen atoms in total. The average molecular weight is 273 g/mol. The monoisotopic (exact) mass is 273 g/mol. The Morgan fingerprint density at radius 1 is 1.55 bits per heavy atom. The topological polar surface area (TPSA) is 81.9 Å². The van der Waals surface area contributed by atoms with Gasteiger partial charge in [0.15, 0.2) is 5.82 Å². The van der Waals surface area contributed by atoms with Gasteiger partial charge in [-0.15, -0.1) is 0 Å². The van der Waals surface area contributed by atoms with Crippen LogP contribution in [-0.4, -0.2) is 39.4 Å². The molecule has 0 saturated carbocycles. The summed E-state index contributed by atoms with van der Waals surface area (Å²) in [6.07, 6.45) is 2.72. The number of hydrogen-bond donors (Lipinski definition) is 1. The second-order valence-corrected chi connectivity index (χ2v) is 4.53. The lowest BCUT2D eigenvalue weighted by Gasteiger charge is -2.23. The van der Waals surface area contributed by atoms with Crippen molar-refractivity contribution >= 4 is 11.9 Å². The van der Waals surface area contributed by atoms with Gasteiger partial charge in [0.25, 0.3) is 0 Å². The fraction of sp³-hybridized carbons (Fsp3) is 0.385. The Bertz CT molecular complexity index is 610. The minimum absolute atomic E-state index is 0.0475. The number of carbonyl (C=O) groups excluding carboxylic acids is 1. The minimum Gasteiger partial charge on any atom is -0.469 e. The molecular weight excluding hydrogens is 258 g/mol. The van der Waals surface area contributed by atoms with Crippen LogP contribution in [0, 0.1) is 0 Å². The Kier molecular flexibility index (Phi) is 3.32. The first-order valence-electron chi connectivity index (χ1n) is 6.45. The van der Waals surface area contributed by atoms with Crippen LogP contribution in [0.15, 0.2) is 24.4 Å². The number of nitrogens with one attached hydrogen (secondary N) is 1. The smallest absolute Gasteiger partial charge is 0.313 e. The SMILES string of the molecule is COC(=O)Cc1nc2n(n1)C(c1ccccn1)CCN2. The standard InChI is InChI=1S/C13H15N5O2/c1-20-12(19)8-11-16-13-15-7-5-10(18(13)17-11)9-4-2-3-6-14-9/h2-4,6,10H,5,7-8H2,1H3,(H,15,16,17). The summed E-state index contributed by atoms with van der Waals surface area (Å²) in [6.45, 7) is 0.803. The van der Waals surface area contributed by atoms with Crippen LogP contribution in [0.5, 0.6) is 0 Å². The lowest BCUT2D eigenvalue weighted by molar-refractivity contribution is -0.139. The number of carbonyl (C=O) groups is 1. The second kappa shape index (κ2) is 5.28. The van der Waals surface area contributed by atoms with Crippen LogP contribution < -0.4 is 5.32 Å². The molecule has 0 amide bonds. The minimum atomic E-state index is -0.345. The van der Waals surface area contributed by atoms with Crippen molar-refractivity contribution in [1.29, 1.82) is 0 Å². The maximum Gasteiger partial charge on any atom is 0.313 e. The first kappa shape index (κ1) is 12.6. The maximum atomic E-state index is 11.3. The van der Waals surface area contributed by atoms with E-state index >= 15 is 0 Å². The highest BCUT2D eigenvalue weighted by Gasteiger charge is 2.25. The maximum absolute atomic E-state index is 11.3. The van der Waals surface area contributed by atoms with Crippen LogP contribution in [0.4, 0.5) is 5.95 Å². The average Bonchev–Trinajstić information content (AvgIpc) is 2.90. The Hall–Kier alpha value is -2.44. The molecule has 20 heavy (non-hydrogen) atoms. The number of aromatic nitrogens is 4. The van der Waals surface area contributed by atoms with Gasteiger partial charge in [-0.3, -0.25) is 9.78 Å². The molecule has 2 aromatic rings. The third kappa shape index (κ3) is 2.34. The van der Waals surface area contributed by atoms with Crippen molar-refractivity contribution in [2.45, 2.75) is 18.9 Å². The normalized spacial score (nSPS) is 17.1. The molecule has 0 saturated heterocycles. The molecule has 1 atom stereocenters. The van der Waals surface area contributed by atoms with E-state index in [1.54, 1.807) is 10.9 Å². The largest absolute Gasteiger partial charge is 0.469 e. The molecule has 3 heterocycles. The second-order valence-electron chi connectivity index (χ2n) is 4.53. The van der Waals surface area contributed by atoms with E-state index in [1.807, 2.05) is 18.2 Å².